The zero-order valence-electron chi connectivity index (χ0n) is 13.0. The standard InChI is InChI=1S/C17H20ClNO3S/c1-14-13-16(7-8-17(14)18)22-11-10-19-23(20,21)12-9-15-5-3-2-4-6-15/h2-8,13,19H,9-12H2,1H3. The maximum atomic E-state index is 11.9. The molecule has 0 heterocycles. The quantitative estimate of drug-likeness (QED) is 0.741. The second-order valence-electron chi connectivity index (χ2n) is 5.21. The van der Waals surface area contributed by atoms with Gasteiger partial charge in [0.25, 0.3) is 0 Å². The fraction of sp³-hybridized carbons (Fsp3) is 0.294. The highest BCUT2D eigenvalue weighted by Gasteiger charge is 2.09. The van der Waals surface area contributed by atoms with Gasteiger partial charge in [0.15, 0.2) is 0 Å². The van der Waals surface area contributed by atoms with Crippen molar-refractivity contribution >= 4 is 21.6 Å². The van der Waals surface area contributed by atoms with Gasteiger partial charge in [-0.2, -0.15) is 0 Å². The van der Waals surface area contributed by atoms with Crippen LogP contribution >= 0.6 is 11.6 Å². The predicted octanol–water partition coefficient (Wildman–Crippen LogP) is 3.19. The third kappa shape index (κ3) is 6.22. The lowest BCUT2D eigenvalue weighted by atomic mass is 10.2. The van der Waals surface area contributed by atoms with E-state index in [0.717, 1.165) is 11.1 Å². The molecule has 0 unspecified atom stereocenters. The predicted molar refractivity (Wildman–Crippen MR) is 93.6 cm³/mol. The zero-order valence-corrected chi connectivity index (χ0v) is 14.5. The van der Waals surface area contributed by atoms with Gasteiger partial charge in [-0.3, -0.25) is 0 Å². The van der Waals surface area contributed by atoms with E-state index in [1.54, 1.807) is 12.1 Å². The Morgan fingerprint density at radius 1 is 1.13 bits per heavy atom. The zero-order chi connectivity index (χ0) is 16.7. The minimum absolute atomic E-state index is 0.0665. The van der Waals surface area contributed by atoms with Crippen LogP contribution in [0.3, 0.4) is 0 Å². The van der Waals surface area contributed by atoms with Gasteiger partial charge >= 0.3 is 0 Å². The lowest BCUT2D eigenvalue weighted by Crippen LogP contribution is -2.31. The summed E-state index contributed by atoms with van der Waals surface area (Å²) in [5.41, 5.74) is 1.93. The van der Waals surface area contributed by atoms with Crippen molar-refractivity contribution in [1.29, 1.82) is 0 Å². The Hall–Kier alpha value is -1.56. The molecule has 0 aliphatic heterocycles. The highest BCUT2D eigenvalue weighted by molar-refractivity contribution is 7.89. The molecule has 0 aromatic heterocycles. The van der Waals surface area contributed by atoms with E-state index >= 15 is 0 Å². The van der Waals surface area contributed by atoms with Crippen LogP contribution in [0.25, 0.3) is 0 Å². The number of ether oxygens (including phenoxy) is 1. The van der Waals surface area contributed by atoms with Gasteiger partial charge in [0, 0.05) is 11.6 Å². The molecule has 4 nitrogen and oxygen atoms in total. The third-order valence-corrected chi connectivity index (χ3v) is 5.13. The summed E-state index contributed by atoms with van der Waals surface area (Å²) in [6.07, 6.45) is 0.493. The summed E-state index contributed by atoms with van der Waals surface area (Å²) in [5.74, 6) is 0.743. The molecule has 6 heteroatoms. The van der Waals surface area contributed by atoms with Crippen LogP contribution in [0, 0.1) is 6.92 Å². The van der Waals surface area contributed by atoms with Crippen LogP contribution < -0.4 is 9.46 Å². The van der Waals surface area contributed by atoms with E-state index < -0.39 is 10.0 Å². The van der Waals surface area contributed by atoms with Crippen molar-refractivity contribution in [2.75, 3.05) is 18.9 Å². The van der Waals surface area contributed by atoms with Crippen molar-refractivity contribution in [3.05, 3.63) is 64.7 Å². The summed E-state index contributed by atoms with van der Waals surface area (Å²) in [5, 5.41) is 0.680. The highest BCUT2D eigenvalue weighted by atomic mass is 35.5. The van der Waals surface area contributed by atoms with Crippen molar-refractivity contribution in [2.24, 2.45) is 0 Å². The molecule has 0 amide bonds. The fourth-order valence-corrected chi connectivity index (χ4v) is 3.20. The van der Waals surface area contributed by atoms with Crippen LogP contribution in [-0.4, -0.2) is 27.3 Å². The number of nitrogens with one attached hydrogen (secondary N) is 1. The molecule has 0 aliphatic carbocycles. The second kappa shape index (κ2) is 8.34. The maximum Gasteiger partial charge on any atom is 0.212 e. The number of benzene rings is 2. The molecule has 0 aliphatic rings. The van der Waals surface area contributed by atoms with Gasteiger partial charge in [-0.1, -0.05) is 41.9 Å². The van der Waals surface area contributed by atoms with Gasteiger partial charge in [-0.05, 0) is 42.7 Å². The number of sulfonamides is 1. The summed E-state index contributed by atoms with van der Waals surface area (Å²) in [4.78, 5) is 0. The molecule has 2 rings (SSSR count). The Labute approximate surface area is 142 Å². The molecule has 0 bridgehead atoms. The molecule has 0 radical (unpaired) electrons. The SMILES string of the molecule is Cc1cc(OCCNS(=O)(=O)CCc2ccccc2)ccc1Cl. The van der Waals surface area contributed by atoms with Crippen LogP contribution in [0.15, 0.2) is 48.5 Å². The third-order valence-electron chi connectivity index (χ3n) is 3.32. The number of halogens is 1. The average molecular weight is 354 g/mol. The first-order chi connectivity index (χ1) is 11.0. The van der Waals surface area contributed by atoms with E-state index in [2.05, 4.69) is 4.72 Å². The Morgan fingerprint density at radius 3 is 2.57 bits per heavy atom. The Balaban J connectivity index is 1.73. The fourth-order valence-electron chi connectivity index (χ4n) is 2.04. The van der Waals surface area contributed by atoms with Crippen LogP contribution in [-0.2, 0) is 16.4 Å². The van der Waals surface area contributed by atoms with E-state index in [-0.39, 0.29) is 18.9 Å². The van der Waals surface area contributed by atoms with Crippen LogP contribution in [0.1, 0.15) is 11.1 Å². The molecule has 23 heavy (non-hydrogen) atoms. The minimum Gasteiger partial charge on any atom is -0.492 e. The average Bonchev–Trinajstić information content (AvgIpc) is 2.54. The summed E-state index contributed by atoms with van der Waals surface area (Å²) in [6.45, 7) is 2.39. The first kappa shape index (κ1) is 17.8. The first-order valence-corrected chi connectivity index (χ1v) is 9.39. The summed E-state index contributed by atoms with van der Waals surface area (Å²) in [6, 6.07) is 14.9. The molecule has 124 valence electrons. The number of hydrogen-bond acceptors (Lipinski definition) is 3. The molecule has 2 aromatic carbocycles. The molecular formula is C17H20ClNO3S. The first-order valence-electron chi connectivity index (χ1n) is 7.36. The van der Waals surface area contributed by atoms with E-state index in [1.807, 2.05) is 43.3 Å². The van der Waals surface area contributed by atoms with Crippen molar-refractivity contribution < 1.29 is 13.2 Å². The lowest BCUT2D eigenvalue weighted by molar-refractivity contribution is 0.322. The topological polar surface area (TPSA) is 55.4 Å². The van der Waals surface area contributed by atoms with Crippen molar-refractivity contribution in [3.63, 3.8) is 0 Å². The molecule has 2 aromatic rings. The van der Waals surface area contributed by atoms with Gasteiger partial charge in [-0.15, -0.1) is 0 Å². The monoisotopic (exact) mass is 353 g/mol. The number of rotatable bonds is 8. The Bertz CT molecular complexity index is 733. The normalized spacial score (nSPS) is 11.4. The molecular weight excluding hydrogens is 334 g/mol. The Morgan fingerprint density at radius 2 is 1.87 bits per heavy atom. The Kier molecular flexibility index (Phi) is 6.45. The van der Waals surface area contributed by atoms with Crippen LogP contribution in [0.5, 0.6) is 5.75 Å². The van der Waals surface area contributed by atoms with Crippen molar-refractivity contribution in [3.8, 4) is 5.75 Å². The second-order valence-corrected chi connectivity index (χ2v) is 7.54. The van der Waals surface area contributed by atoms with Crippen molar-refractivity contribution in [2.45, 2.75) is 13.3 Å². The molecule has 0 spiro atoms. The van der Waals surface area contributed by atoms with Gasteiger partial charge < -0.3 is 4.74 Å². The largest absolute Gasteiger partial charge is 0.492 e. The highest BCUT2D eigenvalue weighted by Crippen LogP contribution is 2.20. The summed E-state index contributed by atoms with van der Waals surface area (Å²) in [7, 11) is -3.30. The molecule has 0 saturated carbocycles. The maximum absolute atomic E-state index is 11.9. The van der Waals surface area contributed by atoms with Gasteiger partial charge in [0.1, 0.15) is 12.4 Å². The minimum atomic E-state index is -3.30. The van der Waals surface area contributed by atoms with E-state index in [9.17, 15) is 8.42 Å². The van der Waals surface area contributed by atoms with E-state index in [1.165, 1.54) is 0 Å². The van der Waals surface area contributed by atoms with Gasteiger partial charge in [0.2, 0.25) is 10.0 Å². The summed E-state index contributed by atoms with van der Waals surface area (Å²) >= 11 is 5.94. The lowest BCUT2D eigenvalue weighted by Gasteiger charge is -2.09. The molecule has 1 N–H and O–H groups in total. The van der Waals surface area contributed by atoms with Crippen LogP contribution in [0.2, 0.25) is 5.02 Å². The van der Waals surface area contributed by atoms with Crippen LogP contribution in [0.4, 0.5) is 0 Å². The van der Waals surface area contributed by atoms with Crippen molar-refractivity contribution in [1.82, 2.24) is 4.72 Å². The molecule has 0 atom stereocenters. The number of hydrogen-bond donors (Lipinski definition) is 1. The van der Waals surface area contributed by atoms with Gasteiger partial charge in [-0.25, -0.2) is 13.1 Å². The molecule has 0 fully saturated rings. The van der Waals surface area contributed by atoms with E-state index in [4.69, 9.17) is 16.3 Å². The molecule has 0 saturated heterocycles. The van der Waals surface area contributed by atoms with E-state index in [0.29, 0.717) is 17.2 Å². The van der Waals surface area contributed by atoms with Gasteiger partial charge in [0.05, 0.1) is 5.75 Å². The smallest absolute Gasteiger partial charge is 0.212 e. The summed E-state index contributed by atoms with van der Waals surface area (Å²) < 4.78 is 31.9. The number of aryl methyl sites for hydroxylation is 2.